The SMILES string of the molecule is O=c1n(CC2(F)CCOCC2)c2cc(-c3cnc4[nH]ccc4c3)cnc2n1C1=CCCCC1. The van der Waals surface area contributed by atoms with Crippen LogP contribution in [-0.4, -0.2) is 43.0 Å². The first kappa shape index (κ1) is 20.4. The zero-order valence-corrected chi connectivity index (χ0v) is 18.4. The van der Waals surface area contributed by atoms with E-state index in [9.17, 15) is 4.79 Å². The highest BCUT2D eigenvalue weighted by atomic mass is 19.1. The largest absolute Gasteiger partial charge is 0.381 e. The maximum atomic E-state index is 15.7. The topological polar surface area (TPSA) is 77.7 Å². The number of hydrogen-bond donors (Lipinski definition) is 1. The second-order valence-corrected chi connectivity index (χ2v) is 9.11. The van der Waals surface area contributed by atoms with Gasteiger partial charge in [-0.2, -0.15) is 0 Å². The highest BCUT2D eigenvalue weighted by molar-refractivity contribution is 5.85. The van der Waals surface area contributed by atoms with Crippen LogP contribution in [0.1, 0.15) is 38.5 Å². The summed E-state index contributed by atoms with van der Waals surface area (Å²) in [7, 11) is 0. The van der Waals surface area contributed by atoms with Crippen LogP contribution in [0.2, 0.25) is 0 Å². The number of nitrogens with zero attached hydrogens (tertiary/aromatic N) is 4. The molecular weight excluding hydrogens is 421 g/mol. The van der Waals surface area contributed by atoms with Crippen LogP contribution in [0.15, 0.2) is 47.7 Å². The van der Waals surface area contributed by atoms with Crippen molar-refractivity contribution in [2.45, 2.75) is 50.7 Å². The van der Waals surface area contributed by atoms with Crippen LogP contribution in [0.25, 0.3) is 39.0 Å². The van der Waals surface area contributed by atoms with Crippen LogP contribution in [0.5, 0.6) is 0 Å². The lowest BCUT2D eigenvalue weighted by molar-refractivity contribution is -0.0176. The van der Waals surface area contributed by atoms with E-state index in [1.54, 1.807) is 21.5 Å². The number of aromatic nitrogens is 5. The van der Waals surface area contributed by atoms with Gasteiger partial charge >= 0.3 is 5.69 Å². The molecule has 6 rings (SSSR count). The average Bonchev–Trinajstić information content (AvgIpc) is 3.42. The van der Waals surface area contributed by atoms with Crippen molar-refractivity contribution in [1.29, 1.82) is 0 Å². The number of allylic oxidation sites excluding steroid dienone is 2. The van der Waals surface area contributed by atoms with Crippen molar-refractivity contribution in [3.05, 3.63) is 53.3 Å². The zero-order chi connectivity index (χ0) is 22.4. The first-order chi connectivity index (χ1) is 16.1. The van der Waals surface area contributed by atoms with Gasteiger partial charge in [0.25, 0.3) is 0 Å². The Morgan fingerprint density at radius 1 is 1.12 bits per heavy atom. The second kappa shape index (κ2) is 7.95. The normalized spacial score (nSPS) is 18.6. The molecule has 1 N–H and O–H groups in total. The summed E-state index contributed by atoms with van der Waals surface area (Å²) in [6, 6.07) is 5.96. The molecule has 0 aromatic carbocycles. The number of imidazole rings is 1. The second-order valence-electron chi connectivity index (χ2n) is 9.11. The molecule has 2 aliphatic rings. The van der Waals surface area contributed by atoms with Gasteiger partial charge in [0, 0.05) is 66.9 Å². The number of pyridine rings is 2. The minimum Gasteiger partial charge on any atom is -0.381 e. The first-order valence-electron chi connectivity index (χ1n) is 11.6. The summed E-state index contributed by atoms with van der Waals surface area (Å²) in [6.07, 6.45) is 12.0. The van der Waals surface area contributed by atoms with Crippen LogP contribution in [-0.2, 0) is 11.3 Å². The van der Waals surface area contributed by atoms with Gasteiger partial charge in [-0.3, -0.25) is 4.57 Å². The lowest BCUT2D eigenvalue weighted by Crippen LogP contribution is -2.39. The number of halogens is 1. The van der Waals surface area contributed by atoms with Crippen LogP contribution in [0.3, 0.4) is 0 Å². The van der Waals surface area contributed by atoms with Gasteiger partial charge in [0.1, 0.15) is 11.3 Å². The predicted octanol–water partition coefficient (Wildman–Crippen LogP) is 4.67. The third kappa shape index (κ3) is 3.58. The standard InChI is InChI=1S/C25H26FN5O2/c26-25(7-10-33-11-8-25)16-30-21-13-19(18-12-17-6-9-27-22(17)28-14-18)15-29-23(21)31(24(30)32)20-4-2-1-3-5-20/h4,6,9,12-15H,1-3,5,7-8,10-11,16H2,(H,27,28). The van der Waals surface area contributed by atoms with Gasteiger partial charge in [0.15, 0.2) is 5.65 Å². The summed E-state index contributed by atoms with van der Waals surface area (Å²) in [5.74, 6) is 0. The highest BCUT2D eigenvalue weighted by Crippen LogP contribution is 2.31. The van der Waals surface area contributed by atoms with Gasteiger partial charge in [0.05, 0.1) is 12.1 Å². The molecule has 0 atom stereocenters. The van der Waals surface area contributed by atoms with E-state index in [0.717, 1.165) is 53.5 Å². The molecule has 1 aliphatic carbocycles. The summed E-state index contributed by atoms with van der Waals surface area (Å²) >= 11 is 0. The average molecular weight is 448 g/mol. The summed E-state index contributed by atoms with van der Waals surface area (Å²) < 4.78 is 24.3. The maximum absolute atomic E-state index is 15.7. The maximum Gasteiger partial charge on any atom is 0.334 e. The molecule has 0 saturated carbocycles. The molecule has 33 heavy (non-hydrogen) atoms. The Balaban J connectivity index is 1.52. The van der Waals surface area contributed by atoms with Crippen LogP contribution in [0.4, 0.5) is 4.39 Å². The number of nitrogens with one attached hydrogen (secondary N) is 1. The lowest BCUT2D eigenvalue weighted by Gasteiger charge is -2.29. The number of ether oxygens (including phenoxy) is 1. The van der Waals surface area contributed by atoms with Gasteiger partial charge in [-0.05, 0) is 43.9 Å². The molecule has 0 spiro atoms. The van der Waals surface area contributed by atoms with Gasteiger partial charge in [-0.15, -0.1) is 0 Å². The molecule has 5 heterocycles. The third-order valence-corrected chi connectivity index (χ3v) is 6.89. The molecule has 1 fully saturated rings. The molecule has 0 radical (unpaired) electrons. The Kier molecular flexibility index (Phi) is 4.90. The van der Waals surface area contributed by atoms with Crippen molar-refractivity contribution in [2.75, 3.05) is 13.2 Å². The van der Waals surface area contributed by atoms with Crippen LogP contribution in [0, 0.1) is 0 Å². The quantitative estimate of drug-likeness (QED) is 0.493. The molecule has 4 aromatic heterocycles. The van der Waals surface area contributed by atoms with Crippen molar-refractivity contribution in [2.24, 2.45) is 0 Å². The number of alkyl halides is 1. The van der Waals surface area contributed by atoms with Crippen LogP contribution < -0.4 is 5.69 Å². The fraction of sp³-hybridized carbons (Fsp3) is 0.400. The predicted molar refractivity (Wildman–Crippen MR) is 126 cm³/mol. The van der Waals surface area contributed by atoms with Crippen LogP contribution >= 0.6 is 0 Å². The Labute approximate surface area is 189 Å². The number of hydrogen-bond acceptors (Lipinski definition) is 4. The minimum atomic E-state index is -1.47. The van der Waals surface area contributed by atoms with E-state index in [-0.39, 0.29) is 25.1 Å². The molecule has 0 amide bonds. The molecule has 0 unspecified atom stereocenters. The van der Waals surface area contributed by atoms with E-state index < -0.39 is 5.67 Å². The van der Waals surface area contributed by atoms with E-state index in [2.05, 4.69) is 16.0 Å². The molecule has 8 heteroatoms. The molecule has 0 bridgehead atoms. The lowest BCUT2D eigenvalue weighted by atomic mass is 9.96. The molecule has 7 nitrogen and oxygen atoms in total. The van der Waals surface area contributed by atoms with E-state index in [1.165, 1.54) is 0 Å². The molecule has 1 aliphatic heterocycles. The zero-order valence-electron chi connectivity index (χ0n) is 18.4. The number of fused-ring (bicyclic) bond motifs is 2. The highest BCUT2D eigenvalue weighted by Gasteiger charge is 2.35. The van der Waals surface area contributed by atoms with Crippen molar-refractivity contribution >= 4 is 27.9 Å². The Morgan fingerprint density at radius 2 is 1.94 bits per heavy atom. The first-order valence-corrected chi connectivity index (χ1v) is 11.6. The molecule has 4 aromatic rings. The smallest absolute Gasteiger partial charge is 0.334 e. The van der Waals surface area contributed by atoms with Crippen molar-refractivity contribution in [3.8, 4) is 11.1 Å². The van der Waals surface area contributed by atoms with Gasteiger partial charge in [0.2, 0.25) is 0 Å². The minimum absolute atomic E-state index is 0.00615. The van der Waals surface area contributed by atoms with Gasteiger partial charge < -0.3 is 9.72 Å². The van der Waals surface area contributed by atoms with Gasteiger partial charge in [-0.25, -0.2) is 23.7 Å². The monoisotopic (exact) mass is 447 g/mol. The van der Waals surface area contributed by atoms with Gasteiger partial charge in [-0.1, -0.05) is 6.08 Å². The summed E-state index contributed by atoms with van der Waals surface area (Å²) in [6.45, 7) is 0.758. The van der Waals surface area contributed by atoms with Crippen molar-refractivity contribution < 1.29 is 9.13 Å². The van der Waals surface area contributed by atoms with Crippen molar-refractivity contribution in [1.82, 2.24) is 24.1 Å². The fourth-order valence-corrected chi connectivity index (χ4v) is 5.00. The molecule has 170 valence electrons. The van der Waals surface area contributed by atoms with Crippen molar-refractivity contribution in [3.63, 3.8) is 0 Å². The summed E-state index contributed by atoms with van der Waals surface area (Å²) in [5, 5.41) is 1.000. The Morgan fingerprint density at radius 3 is 2.76 bits per heavy atom. The fourth-order valence-electron chi connectivity index (χ4n) is 5.00. The summed E-state index contributed by atoms with van der Waals surface area (Å²) in [5.41, 5.74) is 3.09. The summed E-state index contributed by atoms with van der Waals surface area (Å²) in [4.78, 5) is 25.9. The van der Waals surface area contributed by atoms with E-state index >= 15 is 4.39 Å². The third-order valence-electron chi connectivity index (χ3n) is 6.89. The molecular formula is C25H26FN5O2. The van der Waals surface area contributed by atoms with E-state index in [4.69, 9.17) is 9.72 Å². The number of aromatic amines is 1. The molecule has 1 saturated heterocycles. The Bertz CT molecular complexity index is 1420. The number of rotatable bonds is 4. The van der Waals surface area contributed by atoms with E-state index in [1.807, 2.05) is 24.4 Å². The number of H-pyrrole nitrogens is 1. The Hall–Kier alpha value is -3.26. The van der Waals surface area contributed by atoms with E-state index in [0.29, 0.717) is 24.4 Å².